The quantitative estimate of drug-likeness (QED) is 0.568. The number of hydrogen-bond acceptors (Lipinski definition) is 5. The number of amides is 1. The highest BCUT2D eigenvalue weighted by atomic mass is 16.5. The van der Waals surface area contributed by atoms with Crippen molar-refractivity contribution in [1.82, 2.24) is 5.32 Å². The fourth-order valence-electron chi connectivity index (χ4n) is 2.21. The van der Waals surface area contributed by atoms with Crippen LogP contribution in [0.25, 0.3) is 0 Å². The summed E-state index contributed by atoms with van der Waals surface area (Å²) in [4.78, 5) is 33.9. The fraction of sp³-hybridized carbons (Fsp3) is 0.750. The van der Waals surface area contributed by atoms with E-state index in [0.717, 1.165) is 12.8 Å². The van der Waals surface area contributed by atoms with E-state index < -0.39 is 18.0 Å². The predicted octanol–water partition coefficient (Wildman–Crippen LogP) is -0.364. The first-order valence-corrected chi connectivity index (χ1v) is 6.31. The zero-order valence-corrected chi connectivity index (χ0v) is 10.9. The van der Waals surface area contributed by atoms with Gasteiger partial charge in [0.05, 0.1) is 13.0 Å². The van der Waals surface area contributed by atoms with Gasteiger partial charge in [-0.1, -0.05) is 6.42 Å². The van der Waals surface area contributed by atoms with Gasteiger partial charge in [0, 0.05) is 12.5 Å². The minimum absolute atomic E-state index is 0.00963. The number of carbonyl (C=O) groups is 3. The Hall–Kier alpha value is -1.63. The molecule has 3 atom stereocenters. The average molecular weight is 272 g/mol. The van der Waals surface area contributed by atoms with Crippen molar-refractivity contribution < 1.29 is 24.2 Å². The molecule has 1 fully saturated rings. The normalized spacial score (nSPS) is 23.7. The molecular weight excluding hydrogens is 252 g/mol. The van der Waals surface area contributed by atoms with Gasteiger partial charge in [0.2, 0.25) is 5.91 Å². The van der Waals surface area contributed by atoms with E-state index in [1.54, 1.807) is 0 Å². The Kier molecular flexibility index (Phi) is 5.75. The highest BCUT2D eigenvalue weighted by Crippen LogP contribution is 2.24. The zero-order chi connectivity index (χ0) is 14.4. The molecule has 4 N–H and O–H groups in total. The van der Waals surface area contributed by atoms with Gasteiger partial charge in [-0.05, 0) is 19.3 Å². The molecule has 1 amide bonds. The minimum atomic E-state index is -1.16. The summed E-state index contributed by atoms with van der Waals surface area (Å²) in [6.45, 7) is 0. The molecule has 7 heteroatoms. The number of methoxy groups -OCH3 is 1. The van der Waals surface area contributed by atoms with Crippen LogP contribution in [-0.4, -0.2) is 42.1 Å². The summed E-state index contributed by atoms with van der Waals surface area (Å²) in [6, 6.07) is -1.30. The Balaban J connectivity index is 2.51. The van der Waals surface area contributed by atoms with Crippen LogP contribution < -0.4 is 11.1 Å². The lowest BCUT2D eigenvalue weighted by Gasteiger charge is -2.19. The van der Waals surface area contributed by atoms with E-state index >= 15 is 0 Å². The van der Waals surface area contributed by atoms with E-state index in [1.807, 2.05) is 0 Å². The lowest BCUT2D eigenvalue weighted by molar-refractivity contribution is -0.144. The number of nitrogens with two attached hydrogens (primary N) is 1. The monoisotopic (exact) mass is 272 g/mol. The molecule has 0 aromatic carbocycles. The van der Waals surface area contributed by atoms with Gasteiger partial charge < -0.3 is 20.9 Å². The first-order chi connectivity index (χ1) is 8.95. The van der Waals surface area contributed by atoms with E-state index in [9.17, 15) is 14.4 Å². The Bertz CT molecular complexity index is 358. The van der Waals surface area contributed by atoms with Crippen molar-refractivity contribution >= 4 is 17.8 Å². The van der Waals surface area contributed by atoms with E-state index in [-0.39, 0.29) is 30.7 Å². The van der Waals surface area contributed by atoms with Gasteiger partial charge in [0.1, 0.15) is 6.04 Å². The summed E-state index contributed by atoms with van der Waals surface area (Å²) in [5, 5.41) is 11.5. The maximum Gasteiger partial charge on any atom is 0.326 e. The fourth-order valence-corrected chi connectivity index (χ4v) is 2.21. The highest BCUT2D eigenvalue weighted by Gasteiger charge is 2.32. The summed E-state index contributed by atoms with van der Waals surface area (Å²) >= 11 is 0. The second kappa shape index (κ2) is 7.08. The molecule has 0 aliphatic heterocycles. The molecule has 0 spiro atoms. The summed E-state index contributed by atoms with van der Waals surface area (Å²) in [7, 11) is 1.23. The van der Waals surface area contributed by atoms with Crippen molar-refractivity contribution in [2.75, 3.05) is 7.11 Å². The molecule has 0 heterocycles. The number of hydrogen-bond donors (Lipinski definition) is 3. The minimum Gasteiger partial charge on any atom is -0.480 e. The highest BCUT2D eigenvalue weighted by molar-refractivity contribution is 5.86. The molecule has 0 aromatic heterocycles. The second-order valence-electron chi connectivity index (χ2n) is 4.72. The van der Waals surface area contributed by atoms with Gasteiger partial charge in [0.15, 0.2) is 0 Å². The van der Waals surface area contributed by atoms with Gasteiger partial charge in [-0.15, -0.1) is 0 Å². The van der Waals surface area contributed by atoms with Gasteiger partial charge >= 0.3 is 11.9 Å². The lowest BCUT2D eigenvalue weighted by Crippen LogP contribution is -2.46. The number of rotatable bonds is 6. The number of carboxylic acid groups (broad SMARTS) is 1. The summed E-state index contributed by atoms with van der Waals surface area (Å²) in [5.74, 6) is -2.34. The third kappa shape index (κ3) is 4.51. The maximum atomic E-state index is 11.9. The molecule has 3 unspecified atom stereocenters. The van der Waals surface area contributed by atoms with Crippen molar-refractivity contribution in [2.24, 2.45) is 11.7 Å². The van der Waals surface area contributed by atoms with E-state index in [4.69, 9.17) is 10.8 Å². The Morgan fingerprint density at radius 2 is 2.11 bits per heavy atom. The maximum absolute atomic E-state index is 11.9. The Morgan fingerprint density at radius 1 is 1.42 bits per heavy atom. The van der Waals surface area contributed by atoms with Crippen LogP contribution >= 0.6 is 0 Å². The van der Waals surface area contributed by atoms with Crippen molar-refractivity contribution in [1.29, 1.82) is 0 Å². The number of ether oxygens (including phenoxy) is 1. The Labute approximate surface area is 111 Å². The van der Waals surface area contributed by atoms with Gasteiger partial charge in [-0.25, -0.2) is 4.79 Å². The van der Waals surface area contributed by atoms with E-state index in [2.05, 4.69) is 10.1 Å². The molecule has 1 saturated carbocycles. The molecule has 0 saturated heterocycles. The van der Waals surface area contributed by atoms with E-state index in [0.29, 0.717) is 6.42 Å². The van der Waals surface area contributed by atoms with Crippen LogP contribution in [0, 0.1) is 5.92 Å². The van der Waals surface area contributed by atoms with Crippen LogP contribution in [0.15, 0.2) is 0 Å². The first kappa shape index (κ1) is 15.4. The second-order valence-corrected chi connectivity index (χ2v) is 4.72. The van der Waals surface area contributed by atoms with Crippen LogP contribution in [-0.2, 0) is 19.1 Å². The van der Waals surface area contributed by atoms with Crippen molar-refractivity contribution in [3.05, 3.63) is 0 Å². The predicted molar refractivity (Wildman–Crippen MR) is 66.1 cm³/mol. The zero-order valence-electron chi connectivity index (χ0n) is 10.9. The number of nitrogens with one attached hydrogen (secondary N) is 1. The van der Waals surface area contributed by atoms with Gasteiger partial charge in [0.25, 0.3) is 0 Å². The molecular formula is C12H20N2O5. The number of aliphatic carboxylic acids is 1. The van der Waals surface area contributed by atoms with Crippen LogP contribution in [0.1, 0.15) is 32.1 Å². The Morgan fingerprint density at radius 3 is 2.58 bits per heavy atom. The molecule has 0 radical (unpaired) electrons. The molecule has 1 rings (SSSR count). The first-order valence-electron chi connectivity index (χ1n) is 6.31. The smallest absolute Gasteiger partial charge is 0.326 e. The number of carbonyl (C=O) groups excluding carboxylic acids is 2. The van der Waals surface area contributed by atoms with Gasteiger partial charge in [-0.3, -0.25) is 9.59 Å². The van der Waals surface area contributed by atoms with Crippen LogP contribution in [0.4, 0.5) is 0 Å². The molecule has 0 aromatic rings. The van der Waals surface area contributed by atoms with Crippen LogP contribution in [0.5, 0.6) is 0 Å². The molecule has 1 aliphatic rings. The SMILES string of the molecule is COC(=O)CCC(NC(=O)C1CCCC1N)C(=O)O. The van der Waals surface area contributed by atoms with Gasteiger partial charge in [-0.2, -0.15) is 0 Å². The van der Waals surface area contributed by atoms with Crippen molar-refractivity contribution in [3.63, 3.8) is 0 Å². The summed E-state index contributed by atoms with van der Waals surface area (Å²) in [6.07, 6.45) is 2.29. The van der Waals surface area contributed by atoms with Crippen LogP contribution in [0.2, 0.25) is 0 Å². The van der Waals surface area contributed by atoms with E-state index in [1.165, 1.54) is 7.11 Å². The number of carboxylic acids is 1. The topological polar surface area (TPSA) is 119 Å². The van der Waals surface area contributed by atoms with Crippen molar-refractivity contribution in [2.45, 2.75) is 44.2 Å². The third-order valence-electron chi connectivity index (χ3n) is 3.39. The molecule has 7 nitrogen and oxygen atoms in total. The lowest BCUT2D eigenvalue weighted by atomic mass is 10.0. The summed E-state index contributed by atoms with van der Waals surface area (Å²) in [5.41, 5.74) is 5.79. The largest absolute Gasteiger partial charge is 0.480 e. The summed E-state index contributed by atoms with van der Waals surface area (Å²) < 4.78 is 4.44. The molecule has 108 valence electrons. The number of esters is 1. The average Bonchev–Trinajstić information content (AvgIpc) is 2.79. The molecule has 19 heavy (non-hydrogen) atoms. The van der Waals surface area contributed by atoms with Crippen molar-refractivity contribution in [3.8, 4) is 0 Å². The third-order valence-corrected chi connectivity index (χ3v) is 3.39. The molecule has 0 bridgehead atoms. The molecule has 1 aliphatic carbocycles. The van der Waals surface area contributed by atoms with Crippen LogP contribution in [0.3, 0.4) is 0 Å². The standard InChI is InChI=1S/C12H20N2O5/c1-19-10(15)6-5-9(12(17)18)14-11(16)7-3-2-4-8(7)13/h7-9H,2-6,13H2,1H3,(H,14,16)(H,17,18).